The molecular formula is C23H20N4O4S. The molecule has 0 radical (unpaired) electrons. The van der Waals surface area contributed by atoms with Gasteiger partial charge in [0.1, 0.15) is 16.3 Å². The molecule has 0 aliphatic carbocycles. The lowest BCUT2D eigenvalue weighted by molar-refractivity contribution is 0.101. The first kappa shape index (κ1) is 21.3. The standard InChI is InChI=1S/C23H20N4O4S/c1-31-21-13-12-17(14-22(21)32(24,29)30)25-23(28)20-15-19(16-8-4-2-5-9-16)26-27(20)18-10-6-3-7-11-18/h2-15H,1H3,(H,25,28)(H2,24,29,30). The predicted octanol–water partition coefficient (Wildman–Crippen LogP) is 3.45. The summed E-state index contributed by atoms with van der Waals surface area (Å²) in [5.74, 6) is -0.375. The number of aromatic nitrogens is 2. The van der Waals surface area contributed by atoms with Crippen molar-refractivity contribution in [2.24, 2.45) is 5.14 Å². The van der Waals surface area contributed by atoms with E-state index in [9.17, 15) is 13.2 Å². The Bertz CT molecular complexity index is 1370. The van der Waals surface area contributed by atoms with Crippen molar-refractivity contribution >= 4 is 21.6 Å². The molecule has 8 nitrogen and oxygen atoms in total. The highest BCUT2D eigenvalue weighted by atomic mass is 32.2. The lowest BCUT2D eigenvalue weighted by Crippen LogP contribution is -2.18. The Kier molecular flexibility index (Phi) is 5.76. The van der Waals surface area contributed by atoms with Crippen molar-refractivity contribution in [2.75, 3.05) is 12.4 Å². The number of carbonyl (C=O) groups excluding carboxylic acids is 1. The van der Waals surface area contributed by atoms with E-state index in [0.717, 1.165) is 5.56 Å². The van der Waals surface area contributed by atoms with Gasteiger partial charge in [-0.15, -0.1) is 0 Å². The molecule has 32 heavy (non-hydrogen) atoms. The van der Waals surface area contributed by atoms with Crippen molar-refractivity contribution in [3.63, 3.8) is 0 Å². The van der Waals surface area contributed by atoms with Gasteiger partial charge in [0.25, 0.3) is 5.91 Å². The molecule has 0 aliphatic heterocycles. The average Bonchev–Trinajstić information content (AvgIpc) is 3.25. The van der Waals surface area contributed by atoms with E-state index in [1.165, 1.54) is 25.3 Å². The summed E-state index contributed by atoms with van der Waals surface area (Å²) in [5, 5.41) is 12.6. The smallest absolute Gasteiger partial charge is 0.274 e. The molecule has 1 heterocycles. The molecule has 162 valence electrons. The van der Waals surface area contributed by atoms with Gasteiger partial charge in [-0.2, -0.15) is 5.10 Å². The first-order valence-corrected chi connectivity index (χ1v) is 11.1. The number of nitrogens with two attached hydrogens (primary N) is 1. The normalized spacial score (nSPS) is 11.2. The number of anilines is 1. The van der Waals surface area contributed by atoms with Gasteiger partial charge in [0.05, 0.1) is 18.5 Å². The lowest BCUT2D eigenvalue weighted by Gasteiger charge is -2.11. The molecule has 0 saturated carbocycles. The van der Waals surface area contributed by atoms with Crippen LogP contribution in [0, 0.1) is 0 Å². The van der Waals surface area contributed by atoms with Crippen LogP contribution in [0.1, 0.15) is 10.5 Å². The molecule has 0 fully saturated rings. The molecule has 3 N–H and O–H groups in total. The maximum atomic E-state index is 13.2. The van der Waals surface area contributed by atoms with E-state index >= 15 is 0 Å². The SMILES string of the molecule is COc1ccc(NC(=O)c2cc(-c3ccccc3)nn2-c2ccccc2)cc1S(N)(=O)=O. The second-order valence-electron chi connectivity index (χ2n) is 6.89. The van der Waals surface area contributed by atoms with E-state index < -0.39 is 15.9 Å². The number of hydrogen-bond acceptors (Lipinski definition) is 5. The highest BCUT2D eigenvalue weighted by molar-refractivity contribution is 7.89. The van der Waals surface area contributed by atoms with Gasteiger partial charge in [0.15, 0.2) is 0 Å². The Morgan fingerprint density at radius 3 is 2.25 bits per heavy atom. The van der Waals surface area contributed by atoms with Gasteiger partial charge < -0.3 is 10.1 Å². The van der Waals surface area contributed by atoms with Gasteiger partial charge in [-0.25, -0.2) is 18.2 Å². The third-order valence-electron chi connectivity index (χ3n) is 4.74. The van der Waals surface area contributed by atoms with Crippen molar-refractivity contribution in [3.05, 3.63) is 90.6 Å². The van der Waals surface area contributed by atoms with E-state index in [4.69, 9.17) is 9.88 Å². The summed E-state index contributed by atoms with van der Waals surface area (Å²) >= 11 is 0. The van der Waals surface area contributed by atoms with E-state index in [-0.39, 0.29) is 22.0 Å². The number of nitrogens with one attached hydrogen (secondary N) is 1. The van der Waals surface area contributed by atoms with Gasteiger partial charge >= 0.3 is 0 Å². The number of rotatable bonds is 6. The van der Waals surface area contributed by atoms with Crippen LogP contribution in [-0.2, 0) is 10.0 Å². The zero-order valence-electron chi connectivity index (χ0n) is 17.1. The fourth-order valence-electron chi connectivity index (χ4n) is 3.23. The summed E-state index contributed by atoms with van der Waals surface area (Å²) in [5.41, 5.74) is 2.72. The predicted molar refractivity (Wildman–Crippen MR) is 121 cm³/mol. The molecule has 4 rings (SSSR count). The Morgan fingerprint density at radius 1 is 0.969 bits per heavy atom. The lowest BCUT2D eigenvalue weighted by atomic mass is 10.1. The molecule has 3 aromatic carbocycles. The number of carbonyl (C=O) groups is 1. The second-order valence-corrected chi connectivity index (χ2v) is 8.42. The second kappa shape index (κ2) is 8.66. The molecule has 9 heteroatoms. The van der Waals surface area contributed by atoms with Crippen molar-refractivity contribution in [2.45, 2.75) is 4.90 Å². The zero-order chi connectivity index (χ0) is 22.7. The zero-order valence-corrected chi connectivity index (χ0v) is 17.9. The topological polar surface area (TPSA) is 116 Å². The van der Waals surface area contributed by atoms with Gasteiger partial charge in [-0.1, -0.05) is 48.5 Å². The average molecular weight is 449 g/mol. The van der Waals surface area contributed by atoms with Crippen molar-refractivity contribution in [1.29, 1.82) is 0 Å². The maximum Gasteiger partial charge on any atom is 0.274 e. The summed E-state index contributed by atoms with van der Waals surface area (Å²) in [6.45, 7) is 0. The molecule has 4 aromatic rings. The number of sulfonamides is 1. The highest BCUT2D eigenvalue weighted by Crippen LogP contribution is 2.27. The van der Waals surface area contributed by atoms with Gasteiger partial charge in [0, 0.05) is 11.3 Å². The summed E-state index contributed by atoms with van der Waals surface area (Å²) in [6, 6.07) is 24.6. The Balaban J connectivity index is 1.75. The van der Waals surface area contributed by atoms with Crippen LogP contribution in [0.2, 0.25) is 0 Å². The molecule has 1 aromatic heterocycles. The number of amides is 1. The van der Waals surface area contributed by atoms with Crippen molar-refractivity contribution in [3.8, 4) is 22.7 Å². The number of methoxy groups -OCH3 is 1. The molecule has 0 saturated heterocycles. The summed E-state index contributed by atoms with van der Waals surface area (Å²) in [6.07, 6.45) is 0. The van der Waals surface area contributed by atoms with Gasteiger partial charge in [0.2, 0.25) is 10.0 Å². The van der Waals surface area contributed by atoms with Crippen LogP contribution < -0.4 is 15.2 Å². The number of primary sulfonamides is 1. The quantitative estimate of drug-likeness (QED) is 0.469. The van der Waals surface area contributed by atoms with E-state index in [1.54, 1.807) is 10.7 Å². The molecule has 0 atom stereocenters. The minimum atomic E-state index is -4.05. The Morgan fingerprint density at radius 2 is 1.62 bits per heavy atom. The van der Waals surface area contributed by atoms with Crippen molar-refractivity contribution in [1.82, 2.24) is 9.78 Å². The molecule has 1 amide bonds. The monoisotopic (exact) mass is 448 g/mol. The number of ether oxygens (including phenoxy) is 1. The number of benzene rings is 3. The third kappa shape index (κ3) is 4.39. The summed E-state index contributed by atoms with van der Waals surface area (Å²) in [7, 11) is -2.71. The van der Waals surface area contributed by atoms with Crippen LogP contribution in [0.15, 0.2) is 89.8 Å². The highest BCUT2D eigenvalue weighted by Gasteiger charge is 2.20. The Hall–Kier alpha value is -3.95. The molecule has 0 aliphatic rings. The van der Waals surface area contributed by atoms with Crippen LogP contribution in [0.5, 0.6) is 5.75 Å². The molecular weight excluding hydrogens is 428 g/mol. The number of para-hydroxylation sites is 1. The fraction of sp³-hybridized carbons (Fsp3) is 0.0435. The van der Waals surface area contributed by atoms with Gasteiger partial charge in [-0.05, 0) is 36.4 Å². The minimum absolute atomic E-state index is 0.0891. The van der Waals surface area contributed by atoms with E-state index in [1.807, 2.05) is 60.7 Å². The van der Waals surface area contributed by atoms with Crippen LogP contribution in [0.4, 0.5) is 5.69 Å². The summed E-state index contributed by atoms with van der Waals surface area (Å²) < 4.78 is 30.4. The summed E-state index contributed by atoms with van der Waals surface area (Å²) in [4.78, 5) is 13.0. The number of hydrogen-bond donors (Lipinski definition) is 2. The van der Waals surface area contributed by atoms with Crippen LogP contribution in [0.3, 0.4) is 0 Å². The molecule has 0 bridgehead atoms. The van der Waals surface area contributed by atoms with Gasteiger partial charge in [-0.3, -0.25) is 4.79 Å². The first-order valence-electron chi connectivity index (χ1n) is 9.60. The van der Waals surface area contributed by atoms with Crippen LogP contribution in [0.25, 0.3) is 16.9 Å². The molecule has 0 spiro atoms. The van der Waals surface area contributed by atoms with Crippen LogP contribution in [-0.4, -0.2) is 31.2 Å². The largest absolute Gasteiger partial charge is 0.495 e. The van der Waals surface area contributed by atoms with Crippen LogP contribution >= 0.6 is 0 Å². The fourth-order valence-corrected chi connectivity index (χ4v) is 3.95. The first-order chi connectivity index (χ1) is 15.4. The Labute approximate surface area is 185 Å². The maximum absolute atomic E-state index is 13.2. The minimum Gasteiger partial charge on any atom is -0.495 e. The number of nitrogens with zero attached hydrogens (tertiary/aromatic N) is 2. The van der Waals surface area contributed by atoms with Crippen molar-refractivity contribution < 1.29 is 17.9 Å². The molecule has 0 unspecified atom stereocenters. The van der Waals surface area contributed by atoms with E-state index in [2.05, 4.69) is 10.4 Å². The van der Waals surface area contributed by atoms with E-state index in [0.29, 0.717) is 11.4 Å². The third-order valence-corrected chi connectivity index (χ3v) is 5.67.